The number of hydrogen-bond donors (Lipinski definition) is 2. The summed E-state index contributed by atoms with van der Waals surface area (Å²) in [7, 11) is 0. The highest BCUT2D eigenvalue weighted by Crippen LogP contribution is 2.13. The minimum Gasteiger partial charge on any atom is -0.329 e. The molecule has 0 heterocycles. The lowest BCUT2D eigenvalue weighted by atomic mass is 9.94. The zero-order valence-corrected chi connectivity index (χ0v) is 10.4. The summed E-state index contributed by atoms with van der Waals surface area (Å²) in [6, 6.07) is 0. The average molecular weight is 200 g/mol. The Morgan fingerprint density at radius 1 is 1.21 bits per heavy atom. The summed E-state index contributed by atoms with van der Waals surface area (Å²) in [6.45, 7) is 10.8. The zero-order valence-electron chi connectivity index (χ0n) is 10.4. The van der Waals surface area contributed by atoms with Crippen LogP contribution in [0.15, 0.2) is 0 Å². The van der Waals surface area contributed by atoms with Gasteiger partial charge in [-0.15, -0.1) is 0 Å². The molecule has 2 heteroatoms. The fourth-order valence-electron chi connectivity index (χ4n) is 1.78. The molecule has 1 atom stereocenters. The third-order valence-electron chi connectivity index (χ3n) is 3.22. The van der Waals surface area contributed by atoms with E-state index in [4.69, 9.17) is 5.73 Å². The van der Waals surface area contributed by atoms with E-state index in [1.807, 2.05) is 0 Å². The van der Waals surface area contributed by atoms with Gasteiger partial charge in [0, 0.05) is 12.1 Å². The van der Waals surface area contributed by atoms with Gasteiger partial charge in [0.25, 0.3) is 0 Å². The second-order valence-electron chi connectivity index (χ2n) is 4.58. The molecule has 0 saturated carbocycles. The summed E-state index contributed by atoms with van der Waals surface area (Å²) >= 11 is 0. The molecule has 0 aliphatic rings. The third-order valence-corrected chi connectivity index (χ3v) is 3.22. The first-order chi connectivity index (χ1) is 6.61. The Bertz CT molecular complexity index is 132. The van der Waals surface area contributed by atoms with Gasteiger partial charge in [0.1, 0.15) is 0 Å². The fourth-order valence-corrected chi connectivity index (χ4v) is 1.78. The SMILES string of the molecule is CCCC(C)(CN)NCC(CC)CC. The molecule has 0 aliphatic carbocycles. The van der Waals surface area contributed by atoms with Crippen molar-refractivity contribution in [2.45, 2.75) is 58.9 Å². The van der Waals surface area contributed by atoms with Gasteiger partial charge >= 0.3 is 0 Å². The minimum absolute atomic E-state index is 0.150. The van der Waals surface area contributed by atoms with Crippen LogP contribution in [0.4, 0.5) is 0 Å². The molecule has 0 bridgehead atoms. The van der Waals surface area contributed by atoms with Crippen molar-refractivity contribution in [3.8, 4) is 0 Å². The molecule has 3 N–H and O–H groups in total. The molecular weight excluding hydrogens is 172 g/mol. The van der Waals surface area contributed by atoms with Gasteiger partial charge in [-0.25, -0.2) is 0 Å². The van der Waals surface area contributed by atoms with Crippen LogP contribution in [-0.2, 0) is 0 Å². The van der Waals surface area contributed by atoms with Gasteiger partial charge in [-0.2, -0.15) is 0 Å². The smallest absolute Gasteiger partial charge is 0.0275 e. The molecule has 0 spiro atoms. The third kappa shape index (κ3) is 4.97. The van der Waals surface area contributed by atoms with Crippen LogP contribution >= 0.6 is 0 Å². The van der Waals surface area contributed by atoms with Gasteiger partial charge < -0.3 is 11.1 Å². The maximum absolute atomic E-state index is 5.80. The van der Waals surface area contributed by atoms with Crippen LogP contribution in [0.25, 0.3) is 0 Å². The second kappa shape index (κ2) is 7.24. The predicted octanol–water partition coefficient (Wildman–Crippen LogP) is 2.53. The number of rotatable bonds is 8. The summed E-state index contributed by atoms with van der Waals surface area (Å²) < 4.78 is 0. The largest absolute Gasteiger partial charge is 0.329 e. The van der Waals surface area contributed by atoms with Crippen molar-refractivity contribution >= 4 is 0 Å². The van der Waals surface area contributed by atoms with Crippen LogP contribution in [0, 0.1) is 5.92 Å². The van der Waals surface area contributed by atoms with Gasteiger partial charge in [-0.05, 0) is 25.8 Å². The molecule has 14 heavy (non-hydrogen) atoms. The van der Waals surface area contributed by atoms with Crippen molar-refractivity contribution in [1.82, 2.24) is 5.32 Å². The molecule has 0 radical (unpaired) electrons. The van der Waals surface area contributed by atoms with Gasteiger partial charge in [-0.3, -0.25) is 0 Å². The van der Waals surface area contributed by atoms with E-state index in [0.29, 0.717) is 0 Å². The molecule has 0 saturated heterocycles. The van der Waals surface area contributed by atoms with Crippen molar-refractivity contribution in [3.05, 3.63) is 0 Å². The lowest BCUT2D eigenvalue weighted by Crippen LogP contribution is -2.50. The molecule has 0 aromatic heterocycles. The van der Waals surface area contributed by atoms with Crippen molar-refractivity contribution in [2.75, 3.05) is 13.1 Å². The minimum atomic E-state index is 0.150. The summed E-state index contributed by atoms with van der Waals surface area (Å²) in [5, 5.41) is 3.62. The van der Waals surface area contributed by atoms with Crippen molar-refractivity contribution < 1.29 is 0 Å². The van der Waals surface area contributed by atoms with Crippen molar-refractivity contribution in [1.29, 1.82) is 0 Å². The normalized spacial score (nSPS) is 15.9. The van der Waals surface area contributed by atoms with E-state index in [-0.39, 0.29) is 5.54 Å². The molecule has 0 fully saturated rings. The molecule has 0 amide bonds. The molecule has 0 aliphatic heterocycles. The van der Waals surface area contributed by atoms with Gasteiger partial charge in [0.05, 0.1) is 0 Å². The summed E-state index contributed by atoms with van der Waals surface area (Å²) in [6.07, 6.45) is 4.89. The van der Waals surface area contributed by atoms with E-state index < -0.39 is 0 Å². The Hall–Kier alpha value is -0.0800. The van der Waals surface area contributed by atoms with E-state index in [2.05, 4.69) is 33.0 Å². The number of hydrogen-bond acceptors (Lipinski definition) is 2. The fraction of sp³-hybridized carbons (Fsp3) is 1.00. The Kier molecular flexibility index (Phi) is 7.20. The van der Waals surface area contributed by atoms with E-state index in [1.165, 1.54) is 25.7 Å². The second-order valence-corrected chi connectivity index (χ2v) is 4.58. The summed E-state index contributed by atoms with van der Waals surface area (Å²) in [4.78, 5) is 0. The molecule has 86 valence electrons. The van der Waals surface area contributed by atoms with Crippen LogP contribution in [0.3, 0.4) is 0 Å². The summed E-state index contributed by atoms with van der Waals surface area (Å²) in [5.74, 6) is 0.803. The monoisotopic (exact) mass is 200 g/mol. The van der Waals surface area contributed by atoms with Crippen LogP contribution < -0.4 is 11.1 Å². The first-order valence-corrected chi connectivity index (χ1v) is 6.06. The lowest BCUT2D eigenvalue weighted by Gasteiger charge is -2.31. The standard InChI is InChI=1S/C12H28N2/c1-5-8-12(4,10-13)14-9-11(6-2)7-3/h11,14H,5-10,13H2,1-4H3. The average Bonchev–Trinajstić information content (AvgIpc) is 2.20. The Labute approximate surface area is 89.6 Å². The molecule has 0 aromatic carbocycles. The lowest BCUT2D eigenvalue weighted by molar-refractivity contribution is 0.302. The molecule has 0 aromatic rings. The molecule has 2 nitrogen and oxygen atoms in total. The zero-order chi connectivity index (χ0) is 11.0. The first-order valence-electron chi connectivity index (χ1n) is 6.06. The highest BCUT2D eigenvalue weighted by molar-refractivity contribution is 4.84. The maximum Gasteiger partial charge on any atom is 0.0275 e. The Balaban J connectivity index is 3.92. The van der Waals surface area contributed by atoms with Crippen LogP contribution in [0.2, 0.25) is 0 Å². The first kappa shape index (κ1) is 13.9. The molecular formula is C12H28N2. The van der Waals surface area contributed by atoms with Crippen LogP contribution in [-0.4, -0.2) is 18.6 Å². The predicted molar refractivity (Wildman–Crippen MR) is 64.4 cm³/mol. The Morgan fingerprint density at radius 2 is 1.79 bits per heavy atom. The van der Waals surface area contributed by atoms with Gasteiger partial charge in [0.2, 0.25) is 0 Å². The van der Waals surface area contributed by atoms with E-state index >= 15 is 0 Å². The van der Waals surface area contributed by atoms with Crippen LogP contribution in [0.5, 0.6) is 0 Å². The maximum atomic E-state index is 5.80. The highest BCUT2D eigenvalue weighted by atomic mass is 15.0. The van der Waals surface area contributed by atoms with E-state index in [0.717, 1.165) is 19.0 Å². The van der Waals surface area contributed by atoms with Gasteiger partial charge in [-0.1, -0.05) is 40.0 Å². The quantitative estimate of drug-likeness (QED) is 0.632. The van der Waals surface area contributed by atoms with E-state index in [9.17, 15) is 0 Å². The Morgan fingerprint density at radius 3 is 2.14 bits per heavy atom. The molecule has 0 rings (SSSR count). The molecule has 1 unspecified atom stereocenters. The van der Waals surface area contributed by atoms with Crippen molar-refractivity contribution in [2.24, 2.45) is 11.7 Å². The topological polar surface area (TPSA) is 38.0 Å². The van der Waals surface area contributed by atoms with Gasteiger partial charge in [0.15, 0.2) is 0 Å². The van der Waals surface area contributed by atoms with Crippen molar-refractivity contribution in [3.63, 3.8) is 0 Å². The summed E-state index contributed by atoms with van der Waals surface area (Å²) in [5.41, 5.74) is 5.95. The number of nitrogens with two attached hydrogens (primary N) is 1. The highest BCUT2D eigenvalue weighted by Gasteiger charge is 2.21. The van der Waals surface area contributed by atoms with Crippen LogP contribution in [0.1, 0.15) is 53.4 Å². The number of nitrogens with one attached hydrogen (secondary N) is 1. The van der Waals surface area contributed by atoms with E-state index in [1.54, 1.807) is 0 Å².